The van der Waals surface area contributed by atoms with Gasteiger partial charge in [0, 0.05) is 17.3 Å². The first-order valence-electron chi connectivity index (χ1n) is 10.0. The molecule has 0 spiro atoms. The Morgan fingerprint density at radius 1 is 1.11 bits per heavy atom. The molecule has 0 atom stereocenters. The summed E-state index contributed by atoms with van der Waals surface area (Å²) in [5.74, 6) is 0.0223. The number of pyridine rings is 1. The molecule has 4 rings (SSSR count). The number of likely N-dealkylation sites (tertiary alicyclic amines) is 1. The molecule has 4 nitrogen and oxygen atoms in total. The number of carbonyl (C=O) groups excluding carboxylic acids is 1. The molecule has 0 saturated carbocycles. The van der Waals surface area contributed by atoms with E-state index >= 15 is 0 Å². The summed E-state index contributed by atoms with van der Waals surface area (Å²) in [6, 6.07) is 10.4. The van der Waals surface area contributed by atoms with Crippen molar-refractivity contribution in [2.24, 2.45) is 0 Å². The second-order valence-electron chi connectivity index (χ2n) is 7.55. The lowest BCUT2D eigenvalue weighted by molar-refractivity contribution is 0.0956. The van der Waals surface area contributed by atoms with E-state index in [2.05, 4.69) is 41.4 Å². The van der Waals surface area contributed by atoms with Crippen LogP contribution in [0.5, 0.6) is 0 Å². The highest BCUT2D eigenvalue weighted by molar-refractivity contribution is 7.20. The lowest BCUT2D eigenvalue weighted by atomic mass is 10.1. The van der Waals surface area contributed by atoms with E-state index in [0.29, 0.717) is 0 Å². The summed E-state index contributed by atoms with van der Waals surface area (Å²) < 4.78 is 0. The number of aromatic nitrogens is 1. The topological polar surface area (TPSA) is 45.2 Å². The fourth-order valence-electron chi connectivity index (χ4n) is 3.80. The van der Waals surface area contributed by atoms with Crippen LogP contribution >= 0.6 is 11.3 Å². The highest BCUT2D eigenvalue weighted by Gasteiger charge is 2.12. The van der Waals surface area contributed by atoms with E-state index in [9.17, 15) is 4.79 Å². The first kappa shape index (κ1) is 18.4. The van der Waals surface area contributed by atoms with Crippen molar-refractivity contribution in [1.29, 1.82) is 0 Å². The molecule has 27 heavy (non-hydrogen) atoms. The maximum Gasteiger partial charge on any atom is 0.261 e. The van der Waals surface area contributed by atoms with Crippen molar-refractivity contribution in [2.75, 3.05) is 26.2 Å². The molecule has 1 fully saturated rings. The number of benzene rings is 1. The van der Waals surface area contributed by atoms with Gasteiger partial charge in [-0.25, -0.2) is 4.98 Å². The summed E-state index contributed by atoms with van der Waals surface area (Å²) in [6.07, 6.45) is 6.37. The molecular weight excluding hydrogens is 354 g/mol. The fourth-order valence-corrected chi connectivity index (χ4v) is 4.74. The lowest BCUT2D eigenvalue weighted by Gasteiger charge is -2.19. The second kappa shape index (κ2) is 8.36. The van der Waals surface area contributed by atoms with E-state index in [4.69, 9.17) is 4.98 Å². The van der Waals surface area contributed by atoms with Gasteiger partial charge in [0.05, 0.1) is 10.4 Å². The van der Waals surface area contributed by atoms with Gasteiger partial charge in [-0.3, -0.25) is 4.79 Å². The molecule has 0 aliphatic carbocycles. The first-order valence-corrected chi connectivity index (χ1v) is 10.8. The molecule has 0 bridgehead atoms. The number of hydrogen-bond donors (Lipinski definition) is 1. The quantitative estimate of drug-likeness (QED) is 0.649. The summed E-state index contributed by atoms with van der Waals surface area (Å²) in [5.41, 5.74) is 2.20. The van der Waals surface area contributed by atoms with Crippen molar-refractivity contribution in [1.82, 2.24) is 15.2 Å². The number of hydrogen-bond acceptors (Lipinski definition) is 4. The summed E-state index contributed by atoms with van der Waals surface area (Å²) in [6.45, 7) is 6.31. The van der Waals surface area contributed by atoms with Gasteiger partial charge in [0.25, 0.3) is 5.91 Å². The third-order valence-electron chi connectivity index (χ3n) is 5.32. The van der Waals surface area contributed by atoms with Gasteiger partial charge in [0.1, 0.15) is 4.83 Å². The Kier molecular flexibility index (Phi) is 5.69. The fraction of sp³-hybridized carbons (Fsp3) is 0.455. The van der Waals surface area contributed by atoms with Crippen molar-refractivity contribution < 1.29 is 4.79 Å². The number of nitrogens with one attached hydrogen (secondary N) is 1. The van der Waals surface area contributed by atoms with E-state index in [1.807, 2.05) is 6.07 Å². The predicted molar refractivity (Wildman–Crippen MR) is 114 cm³/mol. The number of rotatable bonds is 5. The molecule has 1 aliphatic heterocycles. The molecule has 3 aromatic rings. The van der Waals surface area contributed by atoms with E-state index in [1.165, 1.54) is 55.7 Å². The lowest BCUT2D eigenvalue weighted by Crippen LogP contribution is -2.30. The van der Waals surface area contributed by atoms with Crippen LogP contribution in [-0.2, 0) is 0 Å². The van der Waals surface area contributed by atoms with Gasteiger partial charge in [-0.2, -0.15) is 0 Å². The number of nitrogens with zero attached hydrogens (tertiary/aromatic N) is 2. The van der Waals surface area contributed by atoms with Crippen molar-refractivity contribution in [3.05, 3.63) is 40.8 Å². The molecule has 3 heterocycles. The standard InChI is InChI=1S/C22H27N3OS/c1-16-7-8-17-14-18-15-20(27-22(18)24-19(17)13-16)21(26)23-9-6-12-25-10-4-2-3-5-11-25/h7-8,13-15H,2-6,9-12H2,1H3,(H,23,26). The van der Waals surface area contributed by atoms with Gasteiger partial charge in [-0.15, -0.1) is 11.3 Å². The largest absolute Gasteiger partial charge is 0.351 e. The first-order chi connectivity index (χ1) is 13.2. The molecular formula is C22H27N3OS. The number of amides is 1. The summed E-state index contributed by atoms with van der Waals surface area (Å²) >= 11 is 1.48. The molecule has 5 heteroatoms. The van der Waals surface area contributed by atoms with E-state index < -0.39 is 0 Å². The average Bonchev–Trinajstić information content (AvgIpc) is 2.89. The summed E-state index contributed by atoms with van der Waals surface area (Å²) in [4.78, 5) is 21.5. The van der Waals surface area contributed by atoms with Crippen LogP contribution in [-0.4, -0.2) is 42.0 Å². The van der Waals surface area contributed by atoms with Crippen LogP contribution < -0.4 is 5.32 Å². The highest BCUT2D eigenvalue weighted by atomic mass is 32.1. The Morgan fingerprint density at radius 2 is 1.93 bits per heavy atom. The zero-order valence-corrected chi connectivity index (χ0v) is 16.8. The van der Waals surface area contributed by atoms with E-state index in [0.717, 1.165) is 45.5 Å². The Bertz CT molecular complexity index is 941. The number of carbonyl (C=O) groups is 1. The Morgan fingerprint density at radius 3 is 2.74 bits per heavy atom. The molecule has 2 aromatic heterocycles. The molecule has 1 saturated heterocycles. The van der Waals surface area contributed by atoms with Gasteiger partial charge in [0.15, 0.2) is 0 Å². The zero-order chi connectivity index (χ0) is 18.6. The van der Waals surface area contributed by atoms with Gasteiger partial charge in [0.2, 0.25) is 0 Å². The molecule has 1 aliphatic rings. The maximum absolute atomic E-state index is 12.5. The monoisotopic (exact) mass is 381 g/mol. The molecule has 1 N–H and O–H groups in total. The third kappa shape index (κ3) is 4.47. The second-order valence-corrected chi connectivity index (χ2v) is 8.59. The van der Waals surface area contributed by atoms with Crippen LogP contribution in [0.4, 0.5) is 0 Å². The van der Waals surface area contributed by atoms with Crippen LogP contribution in [0.3, 0.4) is 0 Å². The van der Waals surface area contributed by atoms with Crippen LogP contribution in [0, 0.1) is 6.92 Å². The molecule has 0 radical (unpaired) electrons. The number of aryl methyl sites for hydroxylation is 1. The van der Waals surface area contributed by atoms with Crippen molar-refractivity contribution in [3.63, 3.8) is 0 Å². The molecule has 1 aromatic carbocycles. The number of thiophene rings is 1. The molecule has 1 amide bonds. The Balaban J connectivity index is 1.36. The third-order valence-corrected chi connectivity index (χ3v) is 6.36. The zero-order valence-electron chi connectivity index (χ0n) is 16.0. The van der Waals surface area contributed by atoms with Crippen LogP contribution in [0.15, 0.2) is 30.3 Å². The van der Waals surface area contributed by atoms with Gasteiger partial charge in [-0.05, 0) is 69.6 Å². The SMILES string of the molecule is Cc1ccc2cc3cc(C(=O)NCCCN4CCCCCC4)sc3nc2c1. The summed E-state index contributed by atoms with van der Waals surface area (Å²) in [5, 5.41) is 5.25. The minimum absolute atomic E-state index is 0.0223. The predicted octanol–water partition coefficient (Wildman–Crippen LogP) is 4.75. The van der Waals surface area contributed by atoms with Crippen LogP contribution in [0.2, 0.25) is 0 Å². The van der Waals surface area contributed by atoms with E-state index in [1.54, 1.807) is 0 Å². The van der Waals surface area contributed by atoms with Crippen LogP contribution in [0.25, 0.3) is 21.1 Å². The average molecular weight is 382 g/mol. The summed E-state index contributed by atoms with van der Waals surface area (Å²) in [7, 11) is 0. The minimum atomic E-state index is 0.0223. The van der Waals surface area contributed by atoms with Gasteiger partial charge >= 0.3 is 0 Å². The molecule has 142 valence electrons. The van der Waals surface area contributed by atoms with Gasteiger partial charge < -0.3 is 10.2 Å². The smallest absolute Gasteiger partial charge is 0.261 e. The normalized spacial score (nSPS) is 15.9. The van der Waals surface area contributed by atoms with Crippen molar-refractivity contribution in [2.45, 2.75) is 39.0 Å². The highest BCUT2D eigenvalue weighted by Crippen LogP contribution is 2.27. The van der Waals surface area contributed by atoms with Crippen molar-refractivity contribution >= 4 is 38.4 Å². The van der Waals surface area contributed by atoms with Gasteiger partial charge in [-0.1, -0.05) is 25.0 Å². The van der Waals surface area contributed by atoms with Crippen molar-refractivity contribution in [3.8, 4) is 0 Å². The minimum Gasteiger partial charge on any atom is -0.351 e. The number of fused-ring (bicyclic) bond motifs is 2. The van der Waals surface area contributed by atoms with E-state index in [-0.39, 0.29) is 5.91 Å². The Hall–Kier alpha value is -1.98. The van der Waals surface area contributed by atoms with Crippen LogP contribution in [0.1, 0.15) is 47.3 Å². The molecule has 0 unspecified atom stereocenters. The Labute approximate surface area is 164 Å². The maximum atomic E-state index is 12.5.